The molecule has 4 aromatic rings. The standard InChI is InChI=1S/C22H17BrN4O3S/c1-13-9-16(14(2)26(13)18-5-3-17(23)4-6-18)12-24-25-22(28)21-11-15-10-19(27(29)30)7-8-20(15)31-21/h3-12H,1-2H3,(H,25,28)/b24-12+. The zero-order chi connectivity index (χ0) is 22.1. The maximum atomic E-state index is 12.5. The van der Waals surface area contributed by atoms with E-state index in [1.165, 1.54) is 23.5 Å². The zero-order valence-corrected chi connectivity index (χ0v) is 19.0. The number of halogens is 1. The molecule has 7 nitrogen and oxygen atoms in total. The van der Waals surface area contributed by atoms with Gasteiger partial charge in [-0.1, -0.05) is 15.9 Å². The third-order valence-electron chi connectivity index (χ3n) is 4.86. The van der Waals surface area contributed by atoms with E-state index in [4.69, 9.17) is 0 Å². The molecule has 31 heavy (non-hydrogen) atoms. The molecular formula is C22H17BrN4O3S. The van der Waals surface area contributed by atoms with Crippen molar-refractivity contribution < 1.29 is 9.72 Å². The predicted octanol–water partition coefficient (Wildman–Crippen LogP) is 5.74. The van der Waals surface area contributed by atoms with Crippen LogP contribution < -0.4 is 5.43 Å². The number of hydrazone groups is 1. The minimum Gasteiger partial charge on any atom is -0.318 e. The molecule has 9 heteroatoms. The lowest BCUT2D eigenvalue weighted by Gasteiger charge is -2.09. The number of hydrogen-bond acceptors (Lipinski definition) is 5. The summed E-state index contributed by atoms with van der Waals surface area (Å²) in [5, 5.41) is 15.7. The van der Waals surface area contributed by atoms with Crippen molar-refractivity contribution in [2.75, 3.05) is 0 Å². The number of nitrogens with one attached hydrogen (secondary N) is 1. The van der Waals surface area contributed by atoms with Gasteiger partial charge in [0.15, 0.2) is 0 Å². The molecule has 0 aliphatic carbocycles. The van der Waals surface area contributed by atoms with Crippen molar-refractivity contribution in [3.05, 3.63) is 91.0 Å². The van der Waals surface area contributed by atoms with Crippen molar-refractivity contribution in [3.63, 3.8) is 0 Å². The van der Waals surface area contributed by atoms with Crippen LogP contribution in [0.5, 0.6) is 0 Å². The molecule has 1 N–H and O–H groups in total. The second-order valence-electron chi connectivity index (χ2n) is 6.93. The number of nitro benzene ring substituents is 1. The van der Waals surface area contributed by atoms with Gasteiger partial charge in [0, 0.05) is 49.3 Å². The molecule has 0 saturated heterocycles. The smallest absolute Gasteiger partial charge is 0.281 e. The highest BCUT2D eigenvalue weighted by molar-refractivity contribution is 9.10. The van der Waals surface area contributed by atoms with Crippen molar-refractivity contribution in [2.45, 2.75) is 13.8 Å². The van der Waals surface area contributed by atoms with Gasteiger partial charge in [-0.25, -0.2) is 5.43 Å². The van der Waals surface area contributed by atoms with Crippen molar-refractivity contribution in [3.8, 4) is 5.69 Å². The van der Waals surface area contributed by atoms with E-state index in [9.17, 15) is 14.9 Å². The van der Waals surface area contributed by atoms with Crippen molar-refractivity contribution >= 4 is 55.2 Å². The minimum atomic E-state index is -0.453. The second kappa shape index (κ2) is 8.44. The summed E-state index contributed by atoms with van der Waals surface area (Å²) in [4.78, 5) is 23.4. The average Bonchev–Trinajstić information content (AvgIpc) is 3.29. The predicted molar refractivity (Wildman–Crippen MR) is 126 cm³/mol. The van der Waals surface area contributed by atoms with Gasteiger partial charge in [-0.2, -0.15) is 5.10 Å². The van der Waals surface area contributed by atoms with Gasteiger partial charge in [0.05, 0.1) is 16.0 Å². The van der Waals surface area contributed by atoms with Gasteiger partial charge < -0.3 is 4.57 Å². The maximum Gasteiger partial charge on any atom is 0.281 e. The fourth-order valence-electron chi connectivity index (χ4n) is 3.38. The van der Waals surface area contributed by atoms with Crippen LogP contribution in [0.25, 0.3) is 15.8 Å². The average molecular weight is 497 g/mol. The van der Waals surface area contributed by atoms with Crippen LogP contribution in [0, 0.1) is 24.0 Å². The van der Waals surface area contributed by atoms with Crippen LogP contribution >= 0.6 is 27.3 Å². The first-order valence-corrected chi connectivity index (χ1v) is 10.9. The van der Waals surface area contributed by atoms with Crippen LogP contribution in [-0.2, 0) is 0 Å². The van der Waals surface area contributed by atoms with Crippen molar-refractivity contribution in [1.82, 2.24) is 9.99 Å². The number of thiophene rings is 1. The van der Waals surface area contributed by atoms with Crippen LogP contribution in [0.15, 0.2) is 64.2 Å². The fraction of sp³-hybridized carbons (Fsp3) is 0.0909. The number of amides is 1. The SMILES string of the molecule is Cc1cc(/C=N/NC(=O)c2cc3cc([N+](=O)[O-])ccc3s2)c(C)n1-c1ccc(Br)cc1. The number of carbonyl (C=O) groups is 1. The Morgan fingerprint density at radius 1 is 1.16 bits per heavy atom. The van der Waals surface area contributed by atoms with Crippen LogP contribution in [-0.4, -0.2) is 21.6 Å². The lowest BCUT2D eigenvalue weighted by Crippen LogP contribution is -2.16. The van der Waals surface area contributed by atoms with Crippen molar-refractivity contribution in [1.29, 1.82) is 0 Å². The highest BCUT2D eigenvalue weighted by atomic mass is 79.9. The lowest BCUT2D eigenvalue weighted by atomic mass is 10.2. The van der Waals surface area contributed by atoms with E-state index in [-0.39, 0.29) is 11.6 Å². The molecule has 0 unspecified atom stereocenters. The maximum absolute atomic E-state index is 12.5. The molecule has 2 aromatic heterocycles. The summed E-state index contributed by atoms with van der Waals surface area (Å²) in [6.45, 7) is 4.01. The van der Waals surface area contributed by atoms with Gasteiger partial charge >= 0.3 is 0 Å². The topological polar surface area (TPSA) is 89.5 Å². The van der Waals surface area contributed by atoms with E-state index in [1.807, 2.05) is 44.2 Å². The molecule has 2 heterocycles. The molecular weight excluding hydrogens is 480 g/mol. The number of benzene rings is 2. The Kier molecular flexibility index (Phi) is 5.71. The molecule has 156 valence electrons. The third-order valence-corrected chi connectivity index (χ3v) is 6.50. The highest BCUT2D eigenvalue weighted by Crippen LogP contribution is 2.29. The Balaban J connectivity index is 1.51. The van der Waals surface area contributed by atoms with Gasteiger partial charge in [-0.05, 0) is 56.3 Å². The van der Waals surface area contributed by atoms with Crippen molar-refractivity contribution in [2.24, 2.45) is 5.10 Å². The highest BCUT2D eigenvalue weighted by Gasteiger charge is 2.13. The molecule has 0 radical (unpaired) electrons. The van der Waals surface area contributed by atoms with Gasteiger partial charge in [0.1, 0.15) is 0 Å². The first-order valence-electron chi connectivity index (χ1n) is 9.30. The molecule has 4 rings (SSSR count). The summed E-state index contributed by atoms with van der Waals surface area (Å²) in [6, 6.07) is 16.2. The number of non-ortho nitro benzene ring substituents is 1. The van der Waals surface area contributed by atoms with Crippen LogP contribution in [0.2, 0.25) is 0 Å². The number of carbonyl (C=O) groups excluding carboxylic acids is 1. The molecule has 0 saturated carbocycles. The number of rotatable bonds is 5. The molecule has 2 aromatic carbocycles. The Bertz CT molecular complexity index is 1340. The molecule has 1 amide bonds. The first kappa shape index (κ1) is 21.0. The van der Waals surface area contributed by atoms with Crippen LogP contribution in [0.4, 0.5) is 5.69 Å². The normalized spacial score (nSPS) is 11.3. The quantitative estimate of drug-likeness (QED) is 0.217. The van der Waals surface area contributed by atoms with E-state index in [1.54, 1.807) is 18.3 Å². The fourth-order valence-corrected chi connectivity index (χ4v) is 4.57. The molecule has 0 aliphatic rings. The summed E-state index contributed by atoms with van der Waals surface area (Å²) in [5.41, 5.74) is 6.54. The molecule has 0 fully saturated rings. The van der Waals surface area contributed by atoms with Gasteiger partial charge in [-0.15, -0.1) is 11.3 Å². The summed E-state index contributed by atoms with van der Waals surface area (Å²) in [7, 11) is 0. The summed E-state index contributed by atoms with van der Waals surface area (Å²) in [5.74, 6) is -0.359. The van der Waals surface area contributed by atoms with Gasteiger partial charge in [0.2, 0.25) is 0 Å². The first-order chi connectivity index (χ1) is 14.8. The van der Waals surface area contributed by atoms with Crippen LogP contribution in [0.3, 0.4) is 0 Å². The second-order valence-corrected chi connectivity index (χ2v) is 8.93. The number of aromatic nitrogens is 1. The molecule has 0 aliphatic heterocycles. The van der Waals surface area contributed by atoms with E-state index < -0.39 is 4.92 Å². The van der Waals surface area contributed by atoms with E-state index in [0.29, 0.717) is 10.3 Å². The van der Waals surface area contributed by atoms with Gasteiger partial charge in [0.25, 0.3) is 11.6 Å². The Morgan fingerprint density at radius 2 is 1.90 bits per heavy atom. The molecule has 0 spiro atoms. The largest absolute Gasteiger partial charge is 0.318 e. The summed E-state index contributed by atoms with van der Waals surface area (Å²) in [6.07, 6.45) is 1.62. The zero-order valence-electron chi connectivity index (χ0n) is 16.6. The Morgan fingerprint density at radius 3 is 2.61 bits per heavy atom. The Hall–Kier alpha value is -3.30. The van der Waals surface area contributed by atoms with Gasteiger partial charge in [-0.3, -0.25) is 14.9 Å². The van der Waals surface area contributed by atoms with E-state index >= 15 is 0 Å². The number of nitrogens with zero attached hydrogens (tertiary/aromatic N) is 3. The molecule has 0 atom stereocenters. The summed E-state index contributed by atoms with van der Waals surface area (Å²) >= 11 is 4.71. The lowest BCUT2D eigenvalue weighted by molar-refractivity contribution is -0.384. The number of aryl methyl sites for hydroxylation is 1. The van der Waals surface area contributed by atoms with E-state index in [2.05, 4.69) is 31.0 Å². The molecule has 0 bridgehead atoms. The number of hydrogen-bond donors (Lipinski definition) is 1. The number of fused-ring (bicyclic) bond motifs is 1. The minimum absolute atomic E-state index is 0.00332. The van der Waals surface area contributed by atoms with Crippen LogP contribution in [0.1, 0.15) is 26.6 Å². The Labute approximate surface area is 190 Å². The third kappa shape index (κ3) is 4.28. The van der Waals surface area contributed by atoms with E-state index in [0.717, 1.165) is 31.8 Å². The monoisotopic (exact) mass is 496 g/mol. The summed E-state index contributed by atoms with van der Waals surface area (Å²) < 4.78 is 3.94. The number of nitro groups is 1.